The van der Waals surface area contributed by atoms with Gasteiger partial charge in [0.25, 0.3) is 0 Å². The van der Waals surface area contributed by atoms with Gasteiger partial charge in [-0.25, -0.2) is 0 Å². The zero-order valence-electron chi connectivity index (χ0n) is 12.3. The number of benzene rings is 1. The Kier molecular flexibility index (Phi) is 5.52. The van der Waals surface area contributed by atoms with E-state index in [9.17, 15) is 0 Å². The maximum atomic E-state index is 5.56. The number of rotatable bonds is 6. The van der Waals surface area contributed by atoms with Gasteiger partial charge in [-0.2, -0.15) is 10.2 Å². The highest BCUT2D eigenvalue weighted by atomic mass is 79.9. The Labute approximate surface area is 132 Å². The molecule has 0 saturated carbocycles. The molecule has 0 bridgehead atoms. The van der Waals surface area contributed by atoms with Crippen LogP contribution in [0.2, 0.25) is 0 Å². The fourth-order valence-electron chi connectivity index (χ4n) is 2.23. The van der Waals surface area contributed by atoms with E-state index in [0.29, 0.717) is 0 Å². The van der Waals surface area contributed by atoms with Crippen LogP contribution in [0.25, 0.3) is 0 Å². The van der Waals surface area contributed by atoms with E-state index in [2.05, 4.69) is 38.4 Å². The average molecular weight is 352 g/mol. The lowest BCUT2D eigenvalue weighted by Crippen LogP contribution is -2.23. The van der Waals surface area contributed by atoms with Gasteiger partial charge in [-0.05, 0) is 46.2 Å². The third kappa shape index (κ3) is 3.33. The van der Waals surface area contributed by atoms with Gasteiger partial charge in [-0.3, -0.25) is 0 Å². The smallest absolute Gasteiger partial charge is 0.141 e. The molecule has 21 heavy (non-hydrogen) atoms. The highest BCUT2D eigenvalue weighted by molar-refractivity contribution is 9.10. The van der Waals surface area contributed by atoms with Crippen molar-refractivity contribution in [2.75, 3.05) is 20.8 Å². The van der Waals surface area contributed by atoms with Crippen molar-refractivity contribution >= 4 is 15.9 Å². The predicted molar refractivity (Wildman–Crippen MR) is 84.8 cm³/mol. The lowest BCUT2D eigenvalue weighted by atomic mass is 9.99. The maximum absolute atomic E-state index is 5.56. The summed E-state index contributed by atoms with van der Waals surface area (Å²) in [5.41, 5.74) is 2.04. The summed E-state index contributed by atoms with van der Waals surface area (Å²) < 4.78 is 11.7. The fourth-order valence-corrected chi connectivity index (χ4v) is 2.91. The van der Waals surface area contributed by atoms with E-state index in [-0.39, 0.29) is 6.04 Å². The van der Waals surface area contributed by atoms with Crippen molar-refractivity contribution in [3.05, 3.63) is 46.2 Å². The van der Waals surface area contributed by atoms with Gasteiger partial charge in [-0.15, -0.1) is 0 Å². The molecule has 2 rings (SSSR count). The molecule has 1 N–H and O–H groups in total. The van der Waals surface area contributed by atoms with Crippen molar-refractivity contribution in [2.24, 2.45) is 0 Å². The first-order valence-corrected chi connectivity index (χ1v) is 7.42. The van der Waals surface area contributed by atoms with Gasteiger partial charge in [0.2, 0.25) is 0 Å². The summed E-state index contributed by atoms with van der Waals surface area (Å²) in [6.45, 7) is 2.88. The molecule has 5 nitrogen and oxygen atoms in total. The normalized spacial score (nSPS) is 12.0. The molecule has 1 atom stereocenters. The van der Waals surface area contributed by atoms with Crippen LogP contribution in [0.3, 0.4) is 0 Å². The molecule has 112 valence electrons. The minimum atomic E-state index is -0.0253. The lowest BCUT2D eigenvalue weighted by Gasteiger charge is -2.22. The van der Waals surface area contributed by atoms with Crippen LogP contribution in [0.4, 0.5) is 0 Å². The Balaban J connectivity index is 2.53. The summed E-state index contributed by atoms with van der Waals surface area (Å²) in [5.74, 6) is 1.48. The quantitative estimate of drug-likeness (QED) is 0.866. The second kappa shape index (κ2) is 7.38. The molecular formula is C15H18BrN3O2. The zero-order valence-corrected chi connectivity index (χ0v) is 13.8. The van der Waals surface area contributed by atoms with E-state index in [0.717, 1.165) is 33.6 Å². The molecule has 1 unspecified atom stereocenters. The molecule has 0 amide bonds. The molecule has 0 aliphatic rings. The second-order valence-corrected chi connectivity index (χ2v) is 5.16. The first-order chi connectivity index (χ1) is 10.2. The van der Waals surface area contributed by atoms with Crippen LogP contribution in [-0.2, 0) is 0 Å². The molecule has 0 spiro atoms. The van der Waals surface area contributed by atoms with E-state index >= 15 is 0 Å². The monoisotopic (exact) mass is 351 g/mol. The number of hydrogen-bond acceptors (Lipinski definition) is 5. The fraction of sp³-hybridized carbons (Fsp3) is 0.333. The molecule has 1 heterocycles. The van der Waals surface area contributed by atoms with Crippen LogP contribution >= 0.6 is 15.9 Å². The number of aromatic nitrogens is 2. The van der Waals surface area contributed by atoms with Crippen molar-refractivity contribution in [3.8, 4) is 11.5 Å². The Morgan fingerprint density at radius 1 is 1.19 bits per heavy atom. The SMILES string of the molecule is CCNC(c1ccnnc1)c1ccc(OC)c(Br)c1OC. The zero-order chi connectivity index (χ0) is 15.2. The summed E-state index contributed by atoms with van der Waals surface area (Å²) >= 11 is 3.54. The molecule has 1 aromatic heterocycles. The number of methoxy groups -OCH3 is 2. The van der Waals surface area contributed by atoms with E-state index < -0.39 is 0 Å². The van der Waals surface area contributed by atoms with Gasteiger partial charge < -0.3 is 14.8 Å². The van der Waals surface area contributed by atoms with Crippen molar-refractivity contribution < 1.29 is 9.47 Å². The third-order valence-electron chi connectivity index (χ3n) is 3.18. The summed E-state index contributed by atoms with van der Waals surface area (Å²) in [6.07, 6.45) is 3.44. The predicted octanol–water partition coefficient (Wildman–Crippen LogP) is 2.96. The van der Waals surface area contributed by atoms with Crippen molar-refractivity contribution in [1.29, 1.82) is 0 Å². The number of halogens is 1. The second-order valence-electron chi connectivity index (χ2n) is 4.37. The van der Waals surface area contributed by atoms with Gasteiger partial charge >= 0.3 is 0 Å². The van der Waals surface area contributed by atoms with Crippen LogP contribution in [0.15, 0.2) is 35.1 Å². The number of hydrogen-bond donors (Lipinski definition) is 1. The van der Waals surface area contributed by atoms with Crippen molar-refractivity contribution in [2.45, 2.75) is 13.0 Å². The van der Waals surface area contributed by atoms with Crippen molar-refractivity contribution in [1.82, 2.24) is 15.5 Å². The first-order valence-electron chi connectivity index (χ1n) is 6.63. The molecule has 0 radical (unpaired) electrons. The minimum Gasteiger partial charge on any atom is -0.495 e. The van der Waals surface area contributed by atoms with Crippen LogP contribution in [-0.4, -0.2) is 31.0 Å². The molecular weight excluding hydrogens is 334 g/mol. The van der Waals surface area contributed by atoms with Gasteiger partial charge in [0, 0.05) is 11.8 Å². The van der Waals surface area contributed by atoms with Crippen LogP contribution in [0.5, 0.6) is 11.5 Å². The highest BCUT2D eigenvalue weighted by Crippen LogP contribution is 2.41. The Morgan fingerprint density at radius 2 is 2.00 bits per heavy atom. The summed E-state index contributed by atoms with van der Waals surface area (Å²) in [5, 5.41) is 11.2. The molecule has 6 heteroatoms. The molecule has 0 fully saturated rings. The van der Waals surface area contributed by atoms with Gasteiger partial charge in [0.15, 0.2) is 0 Å². The van der Waals surface area contributed by atoms with E-state index in [1.165, 1.54) is 0 Å². The topological polar surface area (TPSA) is 56.3 Å². The number of nitrogens with one attached hydrogen (secondary N) is 1. The molecule has 0 saturated heterocycles. The Hall–Kier alpha value is -1.66. The summed E-state index contributed by atoms with van der Waals surface area (Å²) in [6, 6.07) is 5.83. The standard InChI is InChI=1S/C15H18BrN3O2/c1-4-17-14(10-7-8-18-19-9-10)11-5-6-12(20-2)13(16)15(11)21-3/h5-9,14,17H,4H2,1-3H3. The molecule has 2 aromatic rings. The lowest BCUT2D eigenvalue weighted by molar-refractivity contribution is 0.383. The Bertz CT molecular complexity index is 593. The summed E-state index contributed by atoms with van der Waals surface area (Å²) in [7, 11) is 3.28. The third-order valence-corrected chi connectivity index (χ3v) is 3.93. The van der Waals surface area contributed by atoms with Crippen LogP contribution in [0, 0.1) is 0 Å². The largest absolute Gasteiger partial charge is 0.495 e. The molecule has 0 aliphatic heterocycles. The first kappa shape index (κ1) is 15.7. The Morgan fingerprint density at radius 3 is 2.57 bits per heavy atom. The van der Waals surface area contributed by atoms with Crippen LogP contribution in [0.1, 0.15) is 24.1 Å². The van der Waals surface area contributed by atoms with E-state index in [1.807, 2.05) is 18.2 Å². The molecule has 0 aliphatic carbocycles. The van der Waals surface area contributed by atoms with Gasteiger partial charge in [-0.1, -0.05) is 6.92 Å². The van der Waals surface area contributed by atoms with E-state index in [4.69, 9.17) is 9.47 Å². The van der Waals surface area contributed by atoms with Crippen LogP contribution < -0.4 is 14.8 Å². The number of nitrogens with zero attached hydrogens (tertiary/aromatic N) is 2. The molecule has 1 aromatic carbocycles. The van der Waals surface area contributed by atoms with Gasteiger partial charge in [0.1, 0.15) is 16.0 Å². The average Bonchev–Trinajstić information content (AvgIpc) is 2.53. The minimum absolute atomic E-state index is 0.0253. The number of ether oxygens (including phenoxy) is 2. The summed E-state index contributed by atoms with van der Waals surface area (Å²) in [4.78, 5) is 0. The van der Waals surface area contributed by atoms with E-state index in [1.54, 1.807) is 26.6 Å². The van der Waals surface area contributed by atoms with Crippen molar-refractivity contribution in [3.63, 3.8) is 0 Å². The maximum Gasteiger partial charge on any atom is 0.141 e. The highest BCUT2D eigenvalue weighted by Gasteiger charge is 2.21. The van der Waals surface area contributed by atoms with Gasteiger partial charge in [0.05, 0.1) is 26.5 Å².